The molecule has 0 aliphatic rings. The highest BCUT2D eigenvalue weighted by Gasteiger charge is 2.27. The molecule has 0 radical (unpaired) electrons. The van der Waals surface area contributed by atoms with E-state index in [1.54, 1.807) is 0 Å². The highest BCUT2D eigenvalue weighted by atomic mass is 32.1. The van der Waals surface area contributed by atoms with Crippen molar-refractivity contribution in [3.63, 3.8) is 0 Å². The molecule has 15 heavy (non-hydrogen) atoms. The van der Waals surface area contributed by atoms with E-state index in [0.717, 1.165) is 11.3 Å². The normalized spacial score (nSPS) is 11.4. The van der Waals surface area contributed by atoms with Gasteiger partial charge in [-0.1, -0.05) is 0 Å². The number of alkyl halides is 3. The largest absolute Gasteiger partial charge is 0.405 e. The van der Waals surface area contributed by atoms with Gasteiger partial charge in [-0.15, -0.1) is 11.3 Å². The number of carbonyl (C=O) groups excluding carboxylic acids is 1. The number of nitrogen functional groups attached to an aromatic ring is 1. The van der Waals surface area contributed by atoms with E-state index >= 15 is 0 Å². The predicted octanol–water partition coefficient (Wildman–Crippen LogP) is 1.40. The first-order valence-corrected chi connectivity index (χ1v) is 4.61. The molecule has 1 amide bonds. The van der Waals surface area contributed by atoms with Gasteiger partial charge in [0.2, 0.25) is 0 Å². The van der Waals surface area contributed by atoms with Crippen molar-refractivity contribution in [2.75, 3.05) is 17.6 Å². The molecule has 0 saturated heterocycles. The van der Waals surface area contributed by atoms with Gasteiger partial charge in [0.05, 0.1) is 10.7 Å². The number of thiophene rings is 1. The van der Waals surface area contributed by atoms with Crippen LogP contribution in [0.4, 0.5) is 23.9 Å². The van der Waals surface area contributed by atoms with E-state index in [2.05, 4.69) is 5.32 Å². The fourth-order valence-electron chi connectivity index (χ4n) is 0.872. The Labute approximate surface area is 87.1 Å². The number of hydrogen-bond acceptors (Lipinski definition) is 4. The van der Waals surface area contributed by atoms with E-state index in [9.17, 15) is 18.0 Å². The van der Waals surface area contributed by atoms with Crippen molar-refractivity contribution in [2.45, 2.75) is 6.18 Å². The van der Waals surface area contributed by atoms with Crippen LogP contribution in [0.25, 0.3) is 0 Å². The first-order valence-electron chi connectivity index (χ1n) is 3.79. The van der Waals surface area contributed by atoms with Gasteiger partial charge in [0.1, 0.15) is 11.4 Å². The number of amides is 1. The average molecular weight is 239 g/mol. The van der Waals surface area contributed by atoms with Gasteiger partial charge < -0.3 is 16.8 Å². The minimum atomic E-state index is -4.31. The van der Waals surface area contributed by atoms with Gasteiger partial charge in [0.25, 0.3) is 5.91 Å². The second-order valence-electron chi connectivity index (χ2n) is 2.73. The number of halogens is 3. The average Bonchev–Trinajstić information content (AvgIpc) is 2.42. The van der Waals surface area contributed by atoms with Crippen LogP contribution in [0.1, 0.15) is 9.67 Å². The van der Waals surface area contributed by atoms with Gasteiger partial charge in [0.15, 0.2) is 0 Å². The number of hydrogen-bond donors (Lipinski definition) is 3. The number of primary amides is 1. The Morgan fingerprint density at radius 3 is 2.53 bits per heavy atom. The molecule has 0 aliphatic heterocycles. The maximum atomic E-state index is 11.8. The van der Waals surface area contributed by atoms with Crippen LogP contribution in [-0.4, -0.2) is 18.6 Å². The van der Waals surface area contributed by atoms with E-state index in [1.165, 1.54) is 6.07 Å². The summed E-state index contributed by atoms with van der Waals surface area (Å²) in [6.45, 7) is -1.18. The minimum Gasteiger partial charge on any atom is -0.397 e. The van der Waals surface area contributed by atoms with Crippen LogP contribution in [0, 0.1) is 0 Å². The van der Waals surface area contributed by atoms with Gasteiger partial charge >= 0.3 is 6.18 Å². The predicted molar refractivity (Wildman–Crippen MR) is 51.8 cm³/mol. The molecule has 1 rings (SSSR count). The van der Waals surface area contributed by atoms with E-state index in [4.69, 9.17) is 11.5 Å². The second kappa shape index (κ2) is 3.97. The number of carbonyl (C=O) groups is 1. The smallest absolute Gasteiger partial charge is 0.397 e. The molecule has 4 nitrogen and oxygen atoms in total. The lowest BCUT2D eigenvalue weighted by molar-refractivity contribution is -0.115. The molecule has 1 aromatic rings. The summed E-state index contributed by atoms with van der Waals surface area (Å²) in [6, 6.07) is 1.25. The standard InChI is InChI=1S/C7H8F3N3OS/c8-7(9,10)2-13-4-1-3(11)5(15-4)6(12)14/h1,13H,2,11H2,(H2,12,14). The Kier molecular flexibility index (Phi) is 3.08. The number of nitrogens with two attached hydrogens (primary N) is 2. The number of nitrogens with one attached hydrogen (secondary N) is 1. The van der Waals surface area contributed by atoms with E-state index < -0.39 is 18.6 Å². The maximum absolute atomic E-state index is 11.8. The van der Waals surface area contributed by atoms with E-state index in [-0.39, 0.29) is 15.6 Å². The van der Waals surface area contributed by atoms with Crippen molar-refractivity contribution in [2.24, 2.45) is 5.73 Å². The Morgan fingerprint density at radius 1 is 1.53 bits per heavy atom. The van der Waals surface area contributed by atoms with Crippen molar-refractivity contribution in [3.8, 4) is 0 Å². The molecule has 0 unspecified atom stereocenters. The lowest BCUT2D eigenvalue weighted by atomic mass is 10.4. The molecule has 0 aromatic carbocycles. The quantitative estimate of drug-likeness (QED) is 0.745. The Hall–Kier alpha value is -1.44. The molecule has 1 heterocycles. The summed E-state index contributed by atoms with van der Waals surface area (Å²) in [5, 5.41) is 2.27. The van der Waals surface area contributed by atoms with Crippen LogP contribution >= 0.6 is 11.3 Å². The van der Waals surface area contributed by atoms with Crippen molar-refractivity contribution < 1.29 is 18.0 Å². The molecule has 0 atom stereocenters. The molecule has 0 aliphatic carbocycles. The molecule has 8 heteroatoms. The topological polar surface area (TPSA) is 81.1 Å². The summed E-state index contributed by atoms with van der Waals surface area (Å²) in [6.07, 6.45) is -4.31. The lowest BCUT2D eigenvalue weighted by Crippen LogP contribution is -2.20. The van der Waals surface area contributed by atoms with Crippen molar-refractivity contribution >= 4 is 27.9 Å². The van der Waals surface area contributed by atoms with Crippen LogP contribution in [0.15, 0.2) is 6.07 Å². The van der Waals surface area contributed by atoms with E-state index in [1.807, 2.05) is 0 Å². The Bertz CT molecular complexity index is 374. The van der Waals surface area contributed by atoms with E-state index in [0.29, 0.717) is 0 Å². The molecule has 84 valence electrons. The fraction of sp³-hybridized carbons (Fsp3) is 0.286. The van der Waals surface area contributed by atoms with Crippen LogP contribution in [-0.2, 0) is 0 Å². The molecular formula is C7H8F3N3OS. The molecule has 1 aromatic heterocycles. The maximum Gasteiger partial charge on any atom is 0.405 e. The third-order valence-corrected chi connectivity index (χ3v) is 2.57. The van der Waals surface area contributed by atoms with Crippen LogP contribution < -0.4 is 16.8 Å². The van der Waals surface area contributed by atoms with Crippen molar-refractivity contribution in [1.82, 2.24) is 0 Å². The monoisotopic (exact) mass is 239 g/mol. The lowest BCUT2D eigenvalue weighted by Gasteiger charge is -2.06. The van der Waals surface area contributed by atoms with Gasteiger partial charge in [-0.05, 0) is 6.07 Å². The third kappa shape index (κ3) is 3.31. The summed E-state index contributed by atoms with van der Waals surface area (Å²) < 4.78 is 35.5. The van der Waals surface area contributed by atoms with Crippen molar-refractivity contribution in [1.29, 1.82) is 0 Å². The molecular weight excluding hydrogens is 231 g/mol. The Morgan fingerprint density at radius 2 is 2.13 bits per heavy atom. The number of anilines is 2. The first kappa shape index (κ1) is 11.6. The summed E-state index contributed by atoms with van der Waals surface area (Å²) in [7, 11) is 0. The SMILES string of the molecule is NC(=O)c1sc(NCC(F)(F)F)cc1N. The summed E-state index contributed by atoms with van der Waals surface area (Å²) in [4.78, 5) is 10.8. The summed E-state index contributed by atoms with van der Waals surface area (Å²) in [5.74, 6) is -0.752. The van der Waals surface area contributed by atoms with Gasteiger partial charge in [-0.25, -0.2) is 0 Å². The van der Waals surface area contributed by atoms with Crippen LogP contribution in [0.5, 0.6) is 0 Å². The third-order valence-electron chi connectivity index (χ3n) is 1.45. The fourth-order valence-corrected chi connectivity index (χ4v) is 1.70. The Balaban J connectivity index is 2.72. The zero-order valence-electron chi connectivity index (χ0n) is 7.39. The highest BCUT2D eigenvalue weighted by molar-refractivity contribution is 7.18. The van der Waals surface area contributed by atoms with Gasteiger partial charge in [-0.2, -0.15) is 13.2 Å². The molecule has 5 N–H and O–H groups in total. The zero-order valence-corrected chi connectivity index (χ0v) is 8.21. The van der Waals surface area contributed by atoms with Gasteiger partial charge in [-0.3, -0.25) is 4.79 Å². The highest BCUT2D eigenvalue weighted by Crippen LogP contribution is 2.29. The molecule has 0 bridgehead atoms. The van der Waals surface area contributed by atoms with Crippen LogP contribution in [0.2, 0.25) is 0 Å². The minimum absolute atomic E-state index is 0.0553. The van der Waals surface area contributed by atoms with Gasteiger partial charge in [0, 0.05) is 0 Å². The second-order valence-corrected chi connectivity index (χ2v) is 3.78. The first-order chi connectivity index (χ1) is 6.79. The molecule has 0 spiro atoms. The molecule has 0 saturated carbocycles. The van der Waals surface area contributed by atoms with Crippen LogP contribution in [0.3, 0.4) is 0 Å². The number of rotatable bonds is 3. The molecule has 0 fully saturated rings. The zero-order chi connectivity index (χ0) is 11.6. The summed E-state index contributed by atoms with van der Waals surface area (Å²) in [5.41, 5.74) is 10.4. The van der Waals surface area contributed by atoms with Crippen molar-refractivity contribution in [3.05, 3.63) is 10.9 Å². The summed E-state index contributed by atoms with van der Waals surface area (Å²) >= 11 is 0.798.